The van der Waals surface area contributed by atoms with Crippen LogP contribution < -0.4 is 10.6 Å². The second-order valence-corrected chi connectivity index (χ2v) is 5.52. The van der Waals surface area contributed by atoms with E-state index in [0.29, 0.717) is 12.8 Å². The molecule has 0 spiro atoms. The van der Waals surface area contributed by atoms with Crippen molar-refractivity contribution in [2.45, 2.75) is 51.1 Å². The average Bonchev–Trinajstić information content (AvgIpc) is 3.12. The Hall–Kier alpha value is -1.79. The van der Waals surface area contributed by atoms with Crippen molar-refractivity contribution in [3.8, 4) is 0 Å². The molecule has 1 atom stereocenters. The molecule has 1 aliphatic carbocycles. The quantitative estimate of drug-likeness (QED) is 0.636. The fourth-order valence-electron chi connectivity index (χ4n) is 1.84. The van der Waals surface area contributed by atoms with E-state index in [0.717, 1.165) is 12.8 Å². The number of aliphatic carboxylic acids is 1. The maximum atomic E-state index is 11.9. The van der Waals surface area contributed by atoms with Crippen LogP contribution >= 0.6 is 0 Å². The molecule has 1 unspecified atom stereocenters. The summed E-state index contributed by atoms with van der Waals surface area (Å²) in [6, 6.07) is -0.322. The Morgan fingerprint density at radius 1 is 1.35 bits per heavy atom. The molecule has 0 aliphatic heterocycles. The predicted octanol–water partition coefficient (Wildman–Crippen LogP) is 0.550. The van der Waals surface area contributed by atoms with Crippen LogP contribution in [0.5, 0.6) is 0 Å². The Bertz CT molecular complexity index is 395. The number of carbonyl (C=O) groups is 3. The minimum absolute atomic E-state index is 0.0792. The largest absolute Gasteiger partial charge is 0.480 e. The van der Waals surface area contributed by atoms with Gasteiger partial charge in [0, 0.05) is 13.1 Å². The molecule has 0 bridgehead atoms. The minimum Gasteiger partial charge on any atom is -0.480 e. The molecule has 0 aromatic rings. The molecule has 1 rings (SSSR count). The highest BCUT2D eigenvalue weighted by Crippen LogP contribution is 2.18. The lowest BCUT2D eigenvalue weighted by molar-refractivity contribution is -0.144. The van der Waals surface area contributed by atoms with E-state index in [1.54, 1.807) is 0 Å². The molecular formula is C13H23N3O4. The van der Waals surface area contributed by atoms with E-state index in [9.17, 15) is 19.5 Å². The summed E-state index contributed by atoms with van der Waals surface area (Å²) in [6.45, 7) is 3.24. The number of hydrogen-bond donors (Lipinski definition) is 3. The number of rotatable bonds is 7. The van der Waals surface area contributed by atoms with Crippen LogP contribution in [0, 0.1) is 0 Å². The summed E-state index contributed by atoms with van der Waals surface area (Å²) in [5, 5.41) is 14.4. The van der Waals surface area contributed by atoms with Gasteiger partial charge in [-0.3, -0.25) is 4.79 Å². The molecule has 0 heterocycles. The SMILES string of the molecule is CCCC(C)(NC(=O)N(C)CC(=O)NC1CC1)C(=O)O. The fraction of sp³-hybridized carbons (Fsp3) is 0.769. The molecule has 0 saturated heterocycles. The summed E-state index contributed by atoms with van der Waals surface area (Å²) in [5.41, 5.74) is -1.31. The van der Waals surface area contributed by atoms with Crippen LogP contribution in [0.15, 0.2) is 0 Å². The highest BCUT2D eigenvalue weighted by atomic mass is 16.4. The summed E-state index contributed by atoms with van der Waals surface area (Å²) >= 11 is 0. The third-order valence-electron chi connectivity index (χ3n) is 3.27. The van der Waals surface area contributed by atoms with Gasteiger partial charge in [0.25, 0.3) is 0 Å². The average molecular weight is 285 g/mol. The van der Waals surface area contributed by atoms with E-state index >= 15 is 0 Å². The summed E-state index contributed by atoms with van der Waals surface area (Å²) < 4.78 is 0. The van der Waals surface area contributed by atoms with Gasteiger partial charge in [-0.15, -0.1) is 0 Å². The van der Waals surface area contributed by atoms with Crippen molar-refractivity contribution < 1.29 is 19.5 Å². The Morgan fingerprint density at radius 3 is 2.40 bits per heavy atom. The van der Waals surface area contributed by atoms with Crippen LogP contribution in [0.2, 0.25) is 0 Å². The molecule has 20 heavy (non-hydrogen) atoms. The van der Waals surface area contributed by atoms with Crippen LogP contribution in [-0.2, 0) is 9.59 Å². The zero-order valence-electron chi connectivity index (χ0n) is 12.2. The summed E-state index contributed by atoms with van der Waals surface area (Å²) in [4.78, 5) is 36.0. The van der Waals surface area contributed by atoms with Crippen molar-refractivity contribution in [2.75, 3.05) is 13.6 Å². The smallest absolute Gasteiger partial charge is 0.329 e. The fourth-order valence-corrected chi connectivity index (χ4v) is 1.84. The molecule has 114 valence electrons. The monoisotopic (exact) mass is 285 g/mol. The van der Waals surface area contributed by atoms with Crippen LogP contribution in [-0.4, -0.2) is 53.1 Å². The minimum atomic E-state index is -1.31. The number of urea groups is 1. The lowest BCUT2D eigenvalue weighted by Crippen LogP contribution is -2.56. The van der Waals surface area contributed by atoms with Crippen LogP contribution in [0.25, 0.3) is 0 Å². The first kappa shape index (κ1) is 16.3. The van der Waals surface area contributed by atoms with Gasteiger partial charge in [0.2, 0.25) is 5.91 Å². The summed E-state index contributed by atoms with van der Waals surface area (Å²) in [7, 11) is 1.47. The van der Waals surface area contributed by atoms with Crippen LogP contribution in [0.4, 0.5) is 4.79 Å². The van der Waals surface area contributed by atoms with Gasteiger partial charge in [0.05, 0.1) is 0 Å². The Kier molecular flexibility index (Phi) is 5.35. The molecule has 0 radical (unpaired) electrons. The van der Waals surface area contributed by atoms with Crippen molar-refractivity contribution >= 4 is 17.9 Å². The van der Waals surface area contributed by atoms with Gasteiger partial charge in [-0.05, 0) is 26.2 Å². The summed E-state index contributed by atoms with van der Waals surface area (Å²) in [5.74, 6) is -1.30. The Balaban J connectivity index is 2.49. The topological polar surface area (TPSA) is 98.7 Å². The standard InChI is InChI=1S/C13H23N3O4/c1-4-7-13(2,11(18)19)15-12(20)16(3)8-10(17)14-9-5-6-9/h9H,4-8H2,1-3H3,(H,14,17)(H,15,20)(H,18,19). The number of nitrogens with zero attached hydrogens (tertiary/aromatic N) is 1. The Labute approximate surface area is 118 Å². The lowest BCUT2D eigenvalue weighted by Gasteiger charge is -2.28. The molecule has 3 N–H and O–H groups in total. The van der Waals surface area contributed by atoms with Crippen molar-refractivity contribution in [2.24, 2.45) is 0 Å². The van der Waals surface area contributed by atoms with E-state index in [1.807, 2.05) is 6.92 Å². The maximum absolute atomic E-state index is 11.9. The molecular weight excluding hydrogens is 262 g/mol. The third kappa shape index (κ3) is 4.71. The molecule has 7 nitrogen and oxygen atoms in total. The van der Waals surface area contributed by atoms with Gasteiger partial charge >= 0.3 is 12.0 Å². The summed E-state index contributed by atoms with van der Waals surface area (Å²) in [6.07, 6.45) is 2.93. The highest BCUT2D eigenvalue weighted by molar-refractivity contribution is 5.88. The molecule has 3 amide bonds. The molecule has 1 fully saturated rings. The van der Waals surface area contributed by atoms with E-state index in [1.165, 1.54) is 18.9 Å². The van der Waals surface area contributed by atoms with Gasteiger partial charge in [-0.25, -0.2) is 9.59 Å². The zero-order valence-corrected chi connectivity index (χ0v) is 12.2. The number of likely N-dealkylation sites (N-methyl/N-ethyl adjacent to an activating group) is 1. The van der Waals surface area contributed by atoms with Gasteiger partial charge in [-0.2, -0.15) is 0 Å². The second kappa shape index (κ2) is 6.58. The van der Waals surface area contributed by atoms with Gasteiger partial charge in [-0.1, -0.05) is 13.3 Å². The number of nitrogens with one attached hydrogen (secondary N) is 2. The molecule has 0 aromatic carbocycles. The number of hydrogen-bond acceptors (Lipinski definition) is 3. The van der Waals surface area contributed by atoms with Crippen molar-refractivity contribution in [1.29, 1.82) is 0 Å². The zero-order chi connectivity index (χ0) is 15.3. The van der Waals surface area contributed by atoms with Gasteiger partial charge in [0.1, 0.15) is 12.1 Å². The first-order chi connectivity index (χ1) is 9.28. The molecule has 7 heteroatoms. The first-order valence-corrected chi connectivity index (χ1v) is 6.84. The van der Waals surface area contributed by atoms with Crippen molar-refractivity contribution in [3.05, 3.63) is 0 Å². The lowest BCUT2D eigenvalue weighted by atomic mass is 9.96. The highest BCUT2D eigenvalue weighted by Gasteiger charge is 2.35. The molecule has 1 aliphatic rings. The second-order valence-electron chi connectivity index (χ2n) is 5.52. The van der Waals surface area contributed by atoms with E-state index in [-0.39, 0.29) is 18.5 Å². The number of carbonyl (C=O) groups excluding carboxylic acids is 2. The predicted molar refractivity (Wildman–Crippen MR) is 73.3 cm³/mol. The number of amides is 3. The van der Waals surface area contributed by atoms with Gasteiger partial charge < -0.3 is 20.6 Å². The normalized spacial score (nSPS) is 16.9. The molecule has 1 saturated carbocycles. The first-order valence-electron chi connectivity index (χ1n) is 6.84. The third-order valence-corrected chi connectivity index (χ3v) is 3.27. The number of carboxylic acid groups (broad SMARTS) is 1. The van der Waals surface area contributed by atoms with E-state index in [2.05, 4.69) is 10.6 Å². The number of carboxylic acids is 1. The van der Waals surface area contributed by atoms with Crippen LogP contribution in [0.3, 0.4) is 0 Å². The molecule has 0 aromatic heterocycles. The Morgan fingerprint density at radius 2 is 1.95 bits per heavy atom. The van der Waals surface area contributed by atoms with E-state index < -0.39 is 17.5 Å². The van der Waals surface area contributed by atoms with Gasteiger partial charge in [0.15, 0.2) is 0 Å². The maximum Gasteiger partial charge on any atom is 0.329 e. The van der Waals surface area contributed by atoms with Crippen molar-refractivity contribution in [3.63, 3.8) is 0 Å². The van der Waals surface area contributed by atoms with E-state index in [4.69, 9.17) is 0 Å². The van der Waals surface area contributed by atoms with Crippen LogP contribution in [0.1, 0.15) is 39.5 Å². The van der Waals surface area contributed by atoms with Crippen molar-refractivity contribution in [1.82, 2.24) is 15.5 Å².